The fourth-order valence-corrected chi connectivity index (χ4v) is 3.31. The molecule has 1 N–H and O–H groups in total. The highest BCUT2D eigenvalue weighted by Gasteiger charge is 2.30. The van der Waals surface area contributed by atoms with Crippen LogP contribution >= 0.6 is 22.6 Å². The molecule has 0 amide bonds. The van der Waals surface area contributed by atoms with Crippen molar-refractivity contribution in [3.05, 3.63) is 62.7 Å². The molecule has 0 saturated heterocycles. The van der Waals surface area contributed by atoms with E-state index in [1.807, 2.05) is 13.0 Å². The van der Waals surface area contributed by atoms with Crippen molar-refractivity contribution < 1.29 is 5.11 Å². The van der Waals surface area contributed by atoms with Crippen molar-refractivity contribution in [2.45, 2.75) is 39.0 Å². The molecule has 0 bridgehead atoms. The highest BCUT2D eigenvalue weighted by atomic mass is 127. The van der Waals surface area contributed by atoms with E-state index in [9.17, 15) is 5.11 Å². The number of phenols is 1. The summed E-state index contributed by atoms with van der Waals surface area (Å²) in [5.41, 5.74) is 3.62. The average molecular weight is 380 g/mol. The van der Waals surface area contributed by atoms with Crippen molar-refractivity contribution in [3.63, 3.8) is 0 Å². The Morgan fingerprint density at radius 1 is 0.950 bits per heavy atom. The normalized spacial score (nSPS) is 11.6. The lowest BCUT2D eigenvalue weighted by Crippen LogP contribution is -2.26. The monoisotopic (exact) mass is 380 g/mol. The minimum Gasteiger partial charge on any atom is -0.508 e. The minimum absolute atomic E-state index is 0.0306. The van der Waals surface area contributed by atoms with Gasteiger partial charge in [-0.3, -0.25) is 0 Å². The third-order valence-corrected chi connectivity index (χ3v) is 5.07. The van der Waals surface area contributed by atoms with Gasteiger partial charge in [0.25, 0.3) is 0 Å². The van der Waals surface area contributed by atoms with Crippen LogP contribution in [0.4, 0.5) is 0 Å². The molecular weight excluding hydrogens is 359 g/mol. The van der Waals surface area contributed by atoms with Gasteiger partial charge in [-0.2, -0.15) is 0 Å². The maximum atomic E-state index is 9.76. The Hall–Kier alpha value is -1.03. The number of hydrogen-bond donors (Lipinski definition) is 1. The van der Waals surface area contributed by atoms with Crippen LogP contribution in [0.2, 0.25) is 0 Å². The average Bonchev–Trinajstić information content (AvgIpc) is 2.46. The van der Waals surface area contributed by atoms with Crippen LogP contribution in [0, 0.1) is 10.5 Å². The number of benzene rings is 2. The van der Waals surface area contributed by atoms with E-state index >= 15 is 0 Å². The largest absolute Gasteiger partial charge is 0.508 e. The van der Waals surface area contributed by atoms with Crippen molar-refractivity contribution >= 4 is 22.6 Å². The Bertz CT molecular complexity index is 583. The Balaban J connectivity index is 2.58. The Morgan fingerprint density at radius 3 is 2.00 bits per heavy atom. The third-order valence-electron chi connectivity index (χ3n) is 4.35. The molecule has 2 aromatic carbocycles. The SMILES string of the molecule is CCC(CC)(c1ccc(I)cc1)c1ccc(O)c(C)c1. The van der Waals surface area contributed by atoms with E-state index < -0.39 is 0 Å². The second-order valence-electron chi connectivity index (χ2n) is 5.30. The molecule has 0 unspecified atom stereocenters. The maximum absolute atomic E-state index is 9.76. The predicted octanol–water partition coefficient (Wildman–Crippen LogP) is 5.41. The topological polar surface area (TPSA) is 20.2 Å². The van der Waals surface area contributed by atoms with Crippen molar-refractivity contribution in [1.82, 2.24) is 0 Å². The van der Waals surface area contributed by atoms with Crippen LogP contribution < -0.4 is 0 Å². The molecular formula is C18H21IO. The number of hydrogen-bond acceptors (Lipinski definition) is 1. The predicted molar refractivity (Wildman–Crippen MR) is 93.4 cm³/mol. The zero-order valence-corrected chi connectivity index (χ0v) is 14.4. The van der Waals surface area contributed by atoms with Gasteiger partial charge in [0.15, 0.2) is 0 Å². The van der Waals surface area contributed by atoms with Crippen molar-refractivity contribution in [1.29, 1.82) is 0 Å². The minimum atomic E-state index is 0.0306. The van der Waals surface area contributed by atoms with E-state index in [4.69, 9.17) is 0 Å². The Morgan fingerprint density at radius 2 is 1.50 bits per heavy atom. The summed E-state index contributed by atoms with van der Waals surface area (Å²) in [4.78, 5) is 0. The van der Waals surface area contributed by atoms with E-state index in [2.05, 4.69) is 72.8 Å². The van der Waals surface area contributed by atoms with Crippen LogP contribution in [0.3, 0.4) is 0 Å². The second-order valence-corrected chi connectivity index (χ2v) is 6.54. The molecule has 2 rings (SSSR count). The Kier molecular flexibility index (Phi) is 4.74. The third kappa shape index (κ3) is 2.71. The zero-order chi connectivity index (χ0) is 14.8. The fourth-order valence-electron chi connectivity index (χ4n) is 2.96. The van der Waals surface area contributed by atoms with E-state index in [1.54, 1.807) is 0 Å². The first-order chi connectivity index (χ1) is 9.53. The van der Waals surface area contributed by atoms with Crippen molar-refractivity contribution in [3.8, 4) is 5.75 Å². The maximum Gasteiger partial charge on any atom is 0.118 e. The molecule has 20 heavy (non-hydrogen) atoms. The van der Waals surface area contributed by atoms with Crippen LogP contribution in [0.1, 0.15) is 43.4 Å². The van der Waals surface area contributed by atoms with Crippen molar-refractivity contribution in [2.24, 2.45) is 0 Å². The lowest BCUT2D eigenvalue weighted by Gasteiger charge is -2.33. The van der Waals surface area contributed by atoms with Gasteiger partial charge in [0.1, 0.15) is 5.75 Å². The van der Waals surface area contributed by atoms with Crippen LogP contribution in [0.5, 0.6) is 5.75 Å². The fraction of sp³-hybridized carbons (Fsp3) is 0.333. The van der Waals surface area contributed by atoms with E-state index in [0.29, 0.717) is 5.75 Å². The summed E-state index contributed by atoms with van der Waals surface area (Å²) in [5, 5.41) is 9.76. The summed E-state index contributed by atoms with van der Waals surface area (Å²) in [6.45, 7) is 6.44. The van der Waals surface area contributed by atoms with Gasteiger partial charge in [-0.15, -0.1) is 0 Å². The number of aryl methyl sites for hydroxylation is 1. The summed E-state index contributed by atoms with van der Waals surface area (Å²) in [7, 11) is 0. The lowest BCUT2D eigenvalue weighted by atomic mass is 9.70. The van der Waals surface area contributed by atoms with Crippen molar-refractivity contribution in [2.75, 3.05) is 0 Å². The number of aromatic hydroxyl groups is 1. The molecule has 0 atom stereocenters. The highest BCUT2D eigenvalue weighted by molar-refractivity contribution is 14.1. The van der Waals surface area contributed by atoms with E-state index in [1.165, 1.54) is 14.7 Å². The van der Waals surface area contributed by atoms with E-state index in [-0.39, 0.29) is 5.41 Å². The molecule has 2 heteroatoms. The van der Waals surface area contributed by atoms with Gasteiger partial charge in [-0.1, -0.05) is 38.1 Å². The van der Waals surface area contributed by atoms with Gasteiger partial charge in [-0.05, 0) is 77.2 Å². The molecule has 0 spiro atoms. The molecule has 1 nitrogen and oxygen atoms in total. The summed E-state index contributed by atoms with van der Waals surface area (Å²) in [6.07, 6.45) is 2.10. The van der Waals surface area contributed by atoms with Gasteiger partial charge >= 0.3 is 0 Å². The van der Waals surface area contributed by atoms with Gasteiger partial charge < -0.3 is 5.11 Å². The lowest BCUT2D eigenvalue weighted by molar-refractivity contribution is 0.462. The van der Waals surface area contributed by atoms with Crippen LogP contribution in [0.25, 0.3) is 0 Å². The quantitative estimate of drug-likeness (QED) is 0.703. The first-order valence-corrected chi connectivity index (χ1v) is 8.17. The molecule has 0 aromatic heterocycles. The standard InChI is InChI=1S/C18H21IO/c1-4-18(5-2,14-6-9-16(19)10-7-14)15-8-11-17(20)13(3)12-15/h6-12,20H,4-5H2,1-3H3. The second kappa shape index (κ2) is 6.17. The number of phenolic OH excluding ortho intramolecular Hbond substituents is 1. The van der Waals surface area contributed by atoms with Gasteiger partial charge in [0, 0.05) is 8.99 Å². The Labute approximate surface area is 135 Å². The first-order valence-electron chi connectivity index (χ1n) is 7.09. The molecule has 106 valence electrons. The molecule has 0 heterocycles. The molecule has 0 aliphatic carbocycles. The number of rotatable bonds is 4. The first kappa shape index (κ1) is 15.4. The summed E-state index contributed by atoms with van der Waals surface area (Å²) < 4.78 is 1.26. The van der Waals surface area contributed by atoms with Gasteiger partial charge in [-0.25, -0.2) is 0 Å². The highest BCUT2D eigenvalue weighted by Crippen LogP contribution is 2.40. The molecule has 0 aliphatic heterocycles. The number of halogens is 1. The molecule has 0 radical (unpaired) electrons. The summed E-state index contributed by atoms with van der Waals surface area (Å²) in [5.74, 6) is 0.373. The van der Waals surface area contributed by atoms with E-state index in [0.717, 1.165) is 18.4 Å². The zero-order valence-electron chi connectivity index (χ0n) is 12.3. The summed E-state index contributed by atoms with van der Waals surface area (Å²) >= 11 is 2.34. The molecule has 2 aromatic rings. The smallest absolute Gasteiger partial charge is 0.118 e. The van der Waals surface area contributed by atoms with Gasteiger partial charge in [0.05, 0.1) is 0 Å². The molecule has 0 saturated carbocycles. The van der Waals surface area contributed by atoms with Crippen LogP contribution in [-0.4, -0.2) is 5.11 Å². The molecule has 0 fully saturated rings. The van der Waals surface area contributed by atoms with Crippen LogP contribution in [-0.2, 0) is 5.41 Å². The van der Waals surface area contributed by atoms with Crippen LogP contribution in [0.15, 0.2) is 42.5 Å². The van der Waals surface area contributed by atoms with Gasteiger partial charge in [0.2, 0.25) is 0 Å². The molecule has 0 aliphatic rings. The summed E-state index contributed by atoms with van der Waals surface area (Å²) in [6, 6.07) is 14.8.